The molecule has 4 N–H and O–H groups in total. The minimum Gasteiger partial charge on any atom is -0.507 e. The van der Waals surface area contributed by atoms with Gasteiger partial charge in [-0.2, -0.15) is 5.10 Å². The molecule has 0 saturated carbocycles. The van der Waals surface area contributed by atoms with Gasteiger partial charge in [0.15, 0.2) is 5.96 Å². The molecule has 1 unspecified atom stereocenters. The number of aromatic hydroxyl groups is 1. The average molecular weight is 385 g/mol. The summed E-state index contributed by atoms with van der Waals surface area (Å²) in [6, 6.07) is 6.70. The van der Waals surface area contributed by atoms with Crippen LogP contribution >= 0.6 is 0 Å². The lowest BCUT2D eigenvalue weighted by atomic mass is 10.1. The number of phenolic OH excluding ortho intramolecular Hbond substituents is 1. The standard InChI is InChI=1S/C19H27N7O2/c1-3-20-19(24-14-8-9-17-23-13(2)25-26(17)12-14)22-11-10-21-18(28)15-6-4-5-7-16(15)27/h4-7,14,27H,3,8-12H2,1-2H3,(H,21,28)(H2,20,22,24). The van der Waals surface area contributed by atoms with Crippen LogP contribution in [0, 0.1) is 6.92 Å². The SMILES string of the molecule is CCNC(=NCCNC(=O)c1ccccc1O)NC1CCc2nc(C)nn2C1. The van der Waals surface area contributed by atoms with Gasteiger partial charge in [-0.25, -0.2) is 9.67 Å². The number of carbonyl (C=O) groups excluding carboxylic acids is 1. The Morgan fingerprint density at radius 3 is 2.96 bits per heavy atom. The Morgan fingerprint density at radius 1 is 1.36 bits per heavy atom. The number of aromatic nitrogens is 3. The van der Waals surface area contributed by atoms with Crippen molar-refractivity contribution >= 4 is 11.9 Å². The lowest BCUT2D eigenvalue weighted by Crippen LogP contribution is -2.47. The molecule has 0 spiro atoms. The number of rotatable bonds is 6. The summed E-state index contributed by atoms with van der Waals surface area (Å²) in [6.07, 6.45) is 1.85. The summed E-state index contributed by atoms with van der Waals surface area (Å²) in [7, 11) is 0. The van der Waals surface area contributed by atoms with Crippen molar-refractivity contribution in [1.29, 1.82) is 0 Å². The molecular weight excluding hydrogens is 358 g/mol. The molecule has 9 nitrogen and oxygen atoms in total. The molecule has 2 heterocycles. The average Bonchev–Trinajstić information content (AvgIpc) is 3.04. The molecule has 28 heavy (non-hydrogen) atoms. The maximum absolute atomic E-state index is 12.1. The first-order valence-electron chi connectivity index (χ1n) is 9.58. The van der Waals surface area contributed by atoms with Crippen LogP contribution < -0.4 is 16.0 Å². The molecule has 0 radical (unpaired) electrons. The van der Waals surface area contributed by atoms with E-state index in [1.165, 1.54) is 6.07 Å². The van der Waals surface area contributed by atoms with E-state index < -0.39 is 0 Å². The van der Waals surface area contributed by atoms with Crippen molar-refractivity contribution in [2.24, 2.45) is 4.99 Å². The van der Waals surface area contributed by atoms with Gasteiger partial charge < -0.3 is 21.1 Å². The Balaban J connectivity index is 1.50. The molecular formula is C19H27N7O2. The lowest BCUT2D eigenvalue weighted by Gasteiger charge is -2.25. The molecule has 3 rings (SSSR count). The second-order valence-corrected chi connectivity index (χ2v) is 6.67. The van der Waals surface area contributed by atoms with E-state index in [1.807, 2.05) is 18.5 Å². The summed E-state index contributed by atoms with van der Waals surface area (Å²) in [5.41, 5.74) is 0.262. The van der Waals surface area contributed by atoms with Gasteiger partial charge in [0.25, 0.3) is 5.91 Å². The second kappa shape index (κ2) is 9.20. The fraction of sp³-hybridized carbons (Fsp3) is 0.474. The highest BCUT2D eigenvalue weighted by atomic mass is 16.3. The number of guanidine groups is 1. The van der Waals surface area contributed by atoms with Crippen molar-refractivity contribution in [1.82, 2.24) is 30.7 Å². The quantitative estimate of drug-likeness (QED) is 0.329. The number of phenols is 1. The second-order valence-electron chi connectivity index (χ2n) is 6.67. The zero-order valence-corrected chi connectivity index (χ0v) is 16.3. The number of carbonyl (C=O) groups is 1. The lowest BCUT2D eigenvalue weighted by molar-refractivity contribution is 0.0952. The highest BCUT2D eigenvalue weighted by Gasteiger charge is 2.21. The third-order valence-corrected chi connectivity index (χ3v) is 4.46. The van der Waals surface area contributed by atoms with Crippen LogP contribution in [0.25, 0.3) is 0 Å². The number of hydrogen-bond donors (Lipinski definition) is 4. The van der Waals surface area contributed by atoms with Gasteiger partial charge in [0.1, 0.15) is 17.4 Å². The number of benzene rings is 1. The van der Waals surface area contributed by atoms with Gasteiger partial charge in [-0.05, 0) is 32.4 Å². The van der Waals surface area contributed by atoms with E-state index in [1.54, 1.807) is 18.2 Å². The Bertz CT molecular complexity index is 847. The zero-order valence-electron chi connectivity index (χ0n) is 16.3. The molecule has 1 amide bonds. The summed E-state index contributed by atoms with van der Waals surface area (Å²) in [5, 5.41) is 23.6. The van der Waals surface area contributed by atoms with E-state index in [2.05, 4.69) is 31.0 Å². The monoisotopic (exact) mass is 385 g/mol. The van der Waals surface area contributed by atoms with Gasteiger partial charge in [-0.1, -0.05) is 12.1 Å². The van der Waals surface area contributed by atoms with E-state index >= 15 is 0 Å². The minimum absolute atomic E-state index is 0.0291. The molecule has 1 atom stereocenters. The molecule has 2 aromatic rings. The molecule has 9 heteroatoms. The Labute approximate surface area is 164 Å². The maximum Gasteiger partial charge on any atom is 0.255 e. The summed E-state index contributed by atoms with van der Waals surface area (Å²) < 4.78 is 1.95. The van der Waals surface area contributed by atoms with Crippen molar-refractivity contribution in [3.05, 3.63) is 41.5 Å². The van der Waals surface area contributed by atoms with Crippen molar-refractivity contribution < 1.29 is 9.90 Å². The van der Waals surface area contributed by atoms with Crippen LogP contribution in [0.15, 0.2) is 29.3 Å². The minimum atomic E-state index is -0.312. The third-order valence-electron chi connectivity index (χ3n) is 4.46. The normalized spacial score (nSPS) is 16.4. The Morgan fingerprint density at radius 2 is 2.18 bits per heavy atom. The van der Waals surface area contributed by atoms with Crippen LogP contribution in [0.1, 0.15) is 35.4 Å². The zero-order chi connectivity index (χ0) is 19.9. The van der Waals surface area contributed by atoms with E-state index in [0.717, 1.165) is 37.6 Å². The highest BCUT2D eigenvalue weighted by molar-refractivity contribution is 5.96. The number of fused-ring (bicyclic) bond motifs is 1. The van der Waals surface area contributed by atoms with E-state index in [9.17, 15) is 9.90 Å². The Hall–Kier alpha value is -3.10. The van der Waals surface area contributed by atoms with Gasteiger partial charge in [-0.15, -0.1) is 0 Å². The first-order chi connectivity index (χ1) is 13.6. The van der Waals surface area contributed by atoms with Crippen LogP contribution in [0.4, 0.5) is 0 Å². The number of amides is 1. The number of nitrogens with one attached hydrogen (secondary N) is 3. The van der Waals surface area contributed by atoms with Crippen LogP contribution in [0.5, 0.6) is 5.75 Å². The van der Waals surface area contributed by atoms with Gasteiger partial charge in [0.2, 0.25) is 0 Å². The van der Waals surface area contributed by atoms with Crippen LogP contribution in [-0.2, 0) is 13.0 Å². The largest absolute Gasteiger partial charge is 0.507 e. The molecule has 1 aliphatic heterocycles. The van der Waals surface area contributed by atoms with Crippen LogP contribution in [0.2, 0.25) is 0 Å². The van der Waals surface area contributed by atoms with Gasteiger partial charge in [0, 0.05) is 25.6 Å². The van der Waals surface area contributed by atoms with Gasteiger partial charge >= 0.3 is 0 Å². The fourth-order valence-electron chi connectivity index (χ4n) is 3.16. The topological polar surface area (TPSA) is 116 Å². The molecule has 0 saturated heterocycles. The first kappa shape index (κ1) is 19.7. The molecule has 1 aromatic carbocycles. The number of aliphatic imine (C=N–C) groups is 1. The van der Waals surface area contributed by atoms with E-state index in [-0.39, 0.29) is 23.3 Å². The first-order valence-corrected chi connectivity index (χ1v) is 9.58. The fourth-order valence-corrected chi connectivity index (χ4v) is 3.16. The predicted octanol–water partition coefficient (Wildman–Crippen LogP) is 0.592. The highest BCUT2D eigenvalue weighted by Crippen LogP contribution is 2.15. The maximum atomic E-state index is 12.1. The number of para-hydroxylation sites is 1. The van der Waals surface area contributed by atoms with Crippen molar-refractivity contribution in [3.8, 4) is 5.75 Å². The van der Waals surface area contributed by atoms with E-state index in [4.69, 9.17) is 0 Å². The Kier molecular flexibility index (Phi) is 6.46. The number of nitrogens with zero attached hydrogens (tertiary/aromatic N) is 4. The summed E-state index contributed by atoms with van der Waals surface area (Å²) in [4.78, 5) is 21.1. The molecule has 0 bridgehead atoms. The van der Waals surface area contributed by atoms with E-state index in [0.29, 0.717) is 19.0 Å². The molecule has 1 aromatic heterocycles. The smallest absolute Gasteiger partial charge is 0.255 e. The predicted molar refractivity (Wildman–Crippen MR) is 106 cm³/mol. The van der Waals surface area contributed by atoms with Crippen molar-refractivity contribution in [2.75, 3.05) is 19.6 Å². The van der Waals surface area contributed by atoms with Crippen LogP contribution in [-0.4, -0.2) is 57.4 Å². The van der Waals surface area contributed by atoms with Gasteiger partial charge in [-0.3, -0.25) is 9.79 Å². The summed E-state index contributed by atoms with van der Waals surface area (Å²) >= 11 is 0. The van der Waals surface area contributed by atoms with Crippen molar-refractivity contribution in [3.63, 3.8) is 0 Å². The van der Waals surface area contributed by atoms with Crippen LogP contribution in [0.3, 0.4) is 0 Å². The van der Waals surface area contributed by atoms with Gasteiger partial charge in [0.05, 0.1) is 18.7 Å². The molecule has 1 aliphatic rings. The molecule has 0 aliphatic carbocycles. The molecule has 150 valence electrons. The molecule has 0 fully saturated rings. The number of aryl methyl sites for hydroxylation is 2. The summed E-state index contributed by atoms with van der Waals surface area (Å²) in [6.45, 7) is 6.22. The number of hydrogen-bond acceptors (Lipinski definition) is 5. The van der Waals surface area contributed by atoms with Crippen molar-refractivity contribution in [2.45, 2.75) is 39.3 Å². The summed E-state index contributed by atoms with van der Waals surface area (Å²) in [5.74, 6) is 2.21. The third kappa shape index (κ3) is 4.99.